The summed E-state index contributed by atoms with van der Waals surface area (Å²) in [5.41, 5.74) is 8.26. The van der Waals surface area contributed by atoms with E-state index in [1.807, 2.05) is 35.3 Å². The van der Waals surface area contributed by atoms with Gasteiger partial charge in [0, 0.05) is 35.9 Å². The number of aryl methyl sites for hydroxylation is 6. The highest BCUT2D eigenvalue weighted by atomic mass is 35.5. The average Bonchev–Trinajstić information content (AvgIpc) is 3.51. The zero-order valence-corrected chi connectivity index (χ0v) is 21.1. The van der Waals surface area contributed by atoms with Crippen molar-refractivity contribution in [2.75, 3.05) is 0 Å². The molecule has 0 aliphatic heterocycles. The highest BCUT2D eigenvalue weighted by Crippen LogP contribution is 2.13. The molecule has 0 saturated heterocycles. The van der Waals surface area contributed by atoms with Gasteiger partial charge in [-0.1, -0.05) is 0 Å². The average molecular weight is 489 g/mol. The quantitative estimate of drug-likeness (QED) is 0.310. The van der Waals surface area contributed by atoms with Crippen LogP contribution >= 0.6 is 23.2 Å². The van der Waals surface area contributed by atoms with Crippen molar-refractivity contribution in [1.29, 1.82) is 0 Å². The van der Waals surface area contributed by atoms with Gasteiger partial charge in [0.05, 0.1) is 47.6 Å². The van der Waals surface area contributed by atoms with Crippen molar-refractivity contribution in [3.63, 3.8) is 0 Å². The first-order valence-electron chi connectivity index (χ1n) is 11.1. The van der Waals surface area contributed by atoms with E-state index >= 15 is 0 Å². The van der Waals surface area contributed by atoms with Crippen LogP contribution < -0.4 is 0 Å². The van der Waals surface area contributed by atoms with Gasteiger partial charge in [0.1, 0.15) is 0 Å². The van der Waals surface area contributed by atoms with Crippen molar-refractivity contribution < 1.29 is 0 Å². The molecule has 8 nitrogen and oxygen atoms in total. The van der Waals surface area contributed by atoms with E-state index in [1.54, 1.807) is 0 Å². The van der Waals surface area contributed by atoms with E-state index in [0.29, 0.717) is 24.8 Å². The van der Waals surface area contributed by atoms with Gasteiger partial charge in [0.2, 0.25) is 0 Å². The van der Waals surface area contributed by atoms with Crippen LogP contribution in [0.3, 0.4) is 0 Å². The SMILES string of the molecule is Cc1cc(Cn2nc(CCl)cc2C)nn1CCCn1nc(Cn2nc(CCl)cc2C)cc1C. The van der Waals surface area contributed by atoms with Gasteiger partial charge in [-0.2, -0.15) is 20.4 Å². The van der Waals surface area contributed by atoms with Crippen LogP contribution in [0, 0.1) is 27.7 Å². The summed E-state index contributed by atoms with van der Waals surface area (Å²) in [7, 11) is 0. The predicted octanol–water partition coefficient (Wildman–Crippen LogP) is 4.37. The Kier molecular flexibility index (Phi) is 7.24. The minimum Gasteiger partial charge on any atom is -0.269 e. The second-order valence-electron chi connectivity index (χ2n) is 8.49. The van der Waals surface area contributed by atoms with Crippen molar-refractivity contribution in [3.8, 4) is 0 Å². The van der Waals surface area contributed by atoms with Crippen LogP contribution in [0.4, 0.5) is 0 Å². The predicted molar refractivity (Wildman–Crippen MR) is 130 cm³/mol. The third kappa shape index (κ3) is 5.50. The molecule has 0 unspecified atom stereocenters. The Hall–Kier alpha value is -2.58. The van der Waals surface area contributed by atoms with Crippen LogP contribution in [0.5, 0.6) is 0 Å². The molecule has 0 N–H and O–H groups in total. The molecule has 4 heterocycles. The van der Waals surface area contributed by atoms with Gasteiger partial charge in [-0.3, -0.25) is 18.7 Å². The van der Waals surface area contributed by atoms with Crippen molar-refractivity contribution in [2.24, 2.45) is 0 Å². The highest BCUT2D eigenvalue weighted by molar-refractivity contribution is 6.17. The molecule has 4 rings (SSSR count). The van der Waals surface area contributed by atoms with E-state index in [2.05, 4.69) is 45.5 Å². The second-order valence-corrected chi connectivity index (χ2v) is 9.03. The number of aromatic nitrogens is 8. The molecule has 0 saturated carbocycles. The van der Waals surface area contributed by atoms with Gasteiger partial charge < -0.3 is 0 Å². The van der Waals surface area contributed by atoms with E-state index in [1.165, 1.54) is 0 Å². The summed E-state index contributed by atoms with van der Waals surface area (Å²) in [5.74, 6) is 0.845. The molecule has 33 heavy (non-hydrogen) atoms. The van der Waals surface area contributed by atoms with Crippen molar-refractivity contribution >= 4 is 23.2 Å². The number of nitrogens with zero attached hydrogens (tertiary/aromatic N) is 8. The Morgan fingerprint density at radius 3 is 1.24 bits per heavy atom. The van der Waals surface area contributed by atoms with Gasteiger partial charge in [-0.05, 0) is 58.4 Å². The van der Waals surface area contributed by atoms with Crippen LogP contribution in [-0.4, -0.2) is 39.1 Å². The Morgan fingerprint density at radius 1 is 0.545 bits per heavy atom. The third-order valence-electron chi connectivity index (χ3n) is 5.76. The zero-order chi connectivity index (χ0) is 23.5. The minimum absolute atomic E-state index is 0.422. The zero-order valence-electron chi connectivity index (χ0n) is 19.6. The largest absolute Gasteiger partial charge is 0.269 e. The minimum atomic E-state index is 0.422. The molecule has 4 aromatic heterocycles. The molecule has 0 amide bonds. The number of hydrogen-bond donors (Lipinski definition) is 0. The second kappa shape index (κ2) is 10.1. The first kappa shape index (κ1) is 23.6. The van der Waals surface area contributed by atoms with E-state index in [4.69, 9.17) is 33.4 Å². The smallest absolute Gasteiger partial charge is 0.0853 e. The standard InChI is InChI=1S/C23H30Cl2N8/c1-16-10-22(14-32-18(3)8-20(12-24)26-32)28-30(16)6-5-7-31-17(2)11-23(29-31)15-33-19(4)9-21(13-25)27-33/h8-11H,5-7,12-15H2,1-4H3. The summed E-state index contributed by atoms with van der Waals surface area (Å²) < 4.78 is 8.04. The van der Waals surface area contributed by atoms with E-state index in [-0.39, 0.29) is 0 Å². The van der Waals surface area contributed by atoms with Crippen LogP contribution in [0.15, 0.2) is 24.3 Å². The summed E-state index contributed by atoms with van der Waals surface area (Å²) in [6, 6.07) is 8.28. The molecule has 176 valence electrons. The van der Waals surface area contributed by atoms with Crippen molar-refractivity contribution in [3.05, 3.63) is 69.8 Å². The van der Waals surface area contributed by atoms with Gasteiger partial charge in [-0.15, -0.1) is 23.2 Å². The molecule has 0 atom stereocenters. The molecular weight excluding hydrogens is 459 g/mol. The summed E-state index contributed by atoms with van der Waals surface area (Å²) in [5, 5.41) is 18.6. The van der Waals surface area contributed by atoms with Gasteiger partial charge in [0.15, 0.2) is 0 Å². The van der Waals surface area contributed by atoms with Gasteiger partial charge in [-0.25, -0.2) is 0 Å². The first-order valence-corrected chi connectivity index (χ1v) is 12.2. The lowest BCUT2D eigenvalue weighted by Crippen LogP contribution is -2.10. The van der Waals surface area contributed by atoms with Crippen LogP contribution in [0.1, 0.15) is 52.0 Å². The molecule has 0 aliphatic rings. The monoisotopic (exact) mass is 488 g/mol. The topological polar surface area (TPSA) is 71.3 Å². The van der Waals surface area contributed by atoms with Gasteiger partial charge >= 0.3 is 0 Å². The third-order valence-corrected chi connectivity index (χ3v) is 6.31. The fourth-order valence-corrected chi connectivity index (χ4v) is 4.31. The van der Waals surface area contributed by atoms with Crippen molar-refractivity contribution in [1.82, 2.24) is 39.1 Å². The fraction of sp³-hybridized carbons (Fsp3) is 0.478. The summed E-state index contributed by atoms with van der Waals surface area (Å²) in [4.78, 5) is 0. The first-order chi connectivity index (χ1) is 15.9. The molecule has 0 fully saturated rings. The van der Waals surface area contributed by atoms with Crippen molar-refractivity contribution in [2.45, 2.75) is 72.1 Å². The van der Waals surface area contributed by atoms with Crippen LogP contribution in [0.2, 0.25) is 0 Å². The lowest BCUT2D eigenvalue weighted by molar-refractivity contribution is 0.480. The normalized spacial score (nSPS) is 11.6. The Labute approximate surface area is 204 Å². The molecule has 0 bridgehead atoms. The highest BCUT2D eigenvalue weighted by Gasteiger charge is 2.11. The molecule has 0 aromatic carbocycles. The van der Waals surface area contributed by atoms with E-state index in [9.17, 15) is 0 Å². The van der Waals surface area contributed by atoms with E-state index < -0.39 is 0 Å². The summed E-state index contributed by atoms with van der Waals surface area (Å²) >= 11 is 11.8. The Balaban J connectivity index is 1.35. The molecule has 0 radical (unpaired) electrons. The maximum atomic E-state index is 5.91. The summed E-state index contributed by atoms with van der Waals surface area (Å²) in [6.45, 7) is 11.2. The number of rotatable bonds is 10. The molecule has 0 spiro atoms. The number of alkyl halides is 2. The molecular formula is C23H30Cl2N8. The Bertz CT molecular complexity index is 1140. The molecule has 4 aromatic rings. The maximum absolute atomic E-state index is 5.91. The maximum Gasteiger partial charge on any atom is 0.0853 e. The lowest BCUT2D eigenvalue weighted by atomic mass is 10.3. The fourth-order valence-electron chi connectivity index (χ4n) is 4.05. The molecule has 0 aliphatic carbocycles. The van der Waals surface area contributed by atoms with Crippen LogP contribution in [-0.2, 0) is 37.9 Å². The van der Waals surface area contributed by atoms with E-state index in [0.717, 1.165) is 65.1 Å². The number of halogens is 2. The summed E-state index contributed by atoms with van der Waals surface area (Å²) in [6.07, 6.45) is 0.943. The Morgan fingerprint density at radius 2 is 0.879 bits per heavy atom. The van der Waals surface area contributed by atoms with Crippen LogP contribution in [0.25, 0.3) is 0 Å². The lowest BCUT2D eigenvalue weighted by Gasteiger charge is -2.07. The molecule has 10 heteroatoms. The number of hydrogen-bond acceptors (Lipinski definition) is 4. The van der Waals surface area contributed by atoms with Gasteiger partial charge in [0.25, 0.3) is 0 Å².